The van der Waals surface area contributed by atoms with Crippen LogP contribution in [0.3, 0.4) is 0 Å². The molecule has 0 fully saturated rings. The van der Waals surface area contributed by atoms with E-state index in [0.717, 1.165) is 76.5 Å². The van der Waals surface area contributed by atoms with Crippen LogP contribution in [0.25, 0.3) is 111 Å². The van der Waals surface area contributed by atoms with Crippen molar-refractivity contribution >= 4 is 43.1 Å². The maximum absolute atomic E-state index is 5.39. The van der Waals surface area contributed by atoms with E-state index in [4.69, 9.17) is 29.9 Å². The second kappa shape index (κ2) is 16.0. The van der Waals surface area contributed by atoms with E-state index in [9.17, 15) is 0 Å². The van der Waals surface area contributed by atoms with Gasteiger partial charge in [0, 0.05) is 45.2 Å². The average Bonchev–Trinajstić information content (AvgIpc) is 3.45. The minimum absolute atomic E-state index is 0.00189. The number of fused-ring (bicyclic) bond motifs is 4. The van der Waals surface area contributed by atoms with E-state index >= 15 is 0 Å². The lowest BCUT2D eigenvalue weighted by Crippen LogP contribution is -2.27. The summed E-state index contributed by atoms with van der Waals surface area (Å²) in [5.74, 6) is 3.86. The van der Waals surface area contributed by atoms with Crippen LogP contribution in [0.15, 0.2) is 231 Å². The zero-order valence-corrected chi connectivity index (χ0v) is 38.8. The summed E-state index contributed by atoms with van der Waals surface area (Å²) in [4.78, 5) is 31.8. The molecule has 3 aliphatic carbocycles. The first-order valence-corrected chi connectivity index (χ1v) is 24.5. The van der Waals surface area contributed by atoms with Gasteiger partial charge in [-0.25, -0.2) is 29.9 Å². The third-order valence-corrected chi connectivity index (χ3v) is 14.9. The molecule has 0 saturated carbocycles. The zero-order chi connectivity index (χ0) is 47.3. The fourth-order valence-corrected chi connectivity index (χ4v) is 11.7. The Morgan fingerprint density at radius 3 is 0.875 bits per heavy atom. The highest BCUT2D eigenvalue weighted by molar-refractivity contribution is 6.13. The van der Waals surface area contributed by atoms with Gasteiger partial charge in [0.25, 0.3) is 0 Å². The Kier molecular flexibility index (Phi) is 8.98. The summed E-state index contributed by atoms with van der Waals surface area (Å²) >= 11 is 0. The van der Waals surface area contributed by atoms with Gasteiger partial charge in [0.05, 0.1) is 0 Å². The van der Waals surface area contributed by atoms with Gasteiger partial charge in [-0.05, 0) is 101 Å². The van der Waals surface area contributed by atoms with E-state index in [1.807, 2.05) is 36.4 Å². The van der Waals surface area contributed by atoms with E-state index in [0.29, 0.717) is 34.9 Å². The lowest BCUT2D eigenvalue weighted by atomic mass is 9.61. The first kappa shape index (κ1) is 40.4. The van der Waals surface area contributed by atoms with E-state index in [2.05, 4.69) is 194 Å². The Bertz CT molecular complexity index is 3970. The van der Waals surface area contributed by atoms with Crippen molar-refractivity contribution < 1.29 is 0 Å². The maximum atomic E-state index is 5.39. The van der Waals surface area contributed by atoms with Crippen LogP contribution in [-0.4, -0.2) is 29.9 Å². The van der Waals surface area contributed by atoms with E-state index in [-0.39, 0.29) is 11.8 Å². The quantitative estimate of drug-likeness (QED) is 0.155. The van der Waals surface area contributed by atoms with E-state index in [1.165, 1.54) is 33.4 Å². The molecule has 2 unspecified atom stereocenters. The SMILES string of the molecule is c1ccc(-c2nc(-c3ccc4c(c3)C3c5ccccc5C4c4cc(-c5nc(-c6ccccc6)nc(-c6c7ccccc7cc7ccccc67)n5)ccc43)nc(-c3c4ccccc4cc4ccccc34)n2)cc1. The summed E-state index contributed by atoms with van der Waals surface area (Å²) in [6, 6.07) is 81.8. The molecule has 0 radical (unpaired) electrons. The molecule has 16 rings (SSSR count). The normalized spacial score (nSPS) is 14.4. The fraction of sp³-hybridized carbons (Fsp3) is 0.0303. The van der Waals surface area contributed by atoms with Gasteiger partial charge in [0.15, 0.2) is 34.9 Å². The molecule has 334 valence electrons. The molecule has 2 bridgehead atoms. The largest absolute Gasteiger partial charge is 0.208 e. The van der Waals surface area contributed by atoms with Crippen LogP contribution in [0.4, 0.5) is 0 Å². The summed E-state index contributed by atoms with van der Waals surface area (Å²) in [6.45, 7) is 0. The number of hydrogen-bond donors (Lipinski definition) is 0. The maximum Gasteiger partial charge on any atom is 0.165 e. The van der Waals surface area contributed by atoms with Gasteiger partial charge in [0.2, 0.25) is 0 Å². The van der Waals surface area contributed by atoms with Crippen molar-refractivity contribution in [3.63, 3.8) is 0 Å². The Hall–Kier alpha value is -9.52. The van der Waals surface area contributed by atoms with Gasteiger partial charge in [-0.2, -0.15) is 0 Å². The summed E-state index contributed by atoms with van der Waals surface area (Å²) in [5.41, 5.74) is 13.6. The molecule has 0 saturated heterocycles. The van der Waals surface area contributed by atoms with Crippen LogP contribution >= 0.6 is 0 Å². The van der Waals surface area contributed by atoms with Crippen molar-refractivity contribution in [1.82, 2.24) is 29.9 Å². The molecule has 72 heavy (non-hydrogen) atoms. The second-order valence-electron chi connectivity index (χ2n) is 18.9. The molecule has 0 aliphatic heterocycles. The predicted molar refractivity (Wildman–Crippen MR) is 291 cm³/mol. The molecule has 6 nitrogen and oxygen atoms in total. The highest BCUT2D eigenvalue weighted by atomic mass is 15.0. The van der Waals surface area contributed by atoms with E-state index in [1.54, 1.807) is 0 Å². The molecule has 13 aromatic rings. The average molecular weight is 917 g/mol. The summed E-state index contributed by atoms with van der Waals surface area (Å²) < 4.78 is 0. The van der Waals surface area contributed by atoms with Crippen LogP contribution < -0.4 is 0 Å². The van der Waals surface area contributed by atoms with Gasteiger partial charge in [0.1, 0.15) is 0 Å². The van der Waals surface area contributed by atoms with Crippen LogP contribution in [0.2, 0.25) is 0 Å². The molecule has 0 spiro atoms. The smallest absolute Gasteiger partial charge is 0.165 e. The van der Waals surface area contributed by atoms with Crippen LogP contribution in [0, 0.1) is 0 Å². The molecule has 11 aromatic carbocycles. The topological polar surface area (TPSA) is 77.3 Å². The Balaban J connectivity index is 0.896. The monoisotopic (exact) mass is 916 g/mol. The van der Waals surface area contributed by atoms with Crippen LogP contribution in [0.1, 0.15) is 45.2 Å². The standard InChI is InChI=1S/C66H40N6/c1-3-17-39(18-4-1)61-67-63(71-65(69-61)59-47-25-11-7-21-41(47)35-42-22-8-12-26-48(42)59)45-31-33-53-55(37-45)57-51-29-15-16-30-52(51)58(53)56-38-46(32-34-54(56)57)64-68-62(40-19-5-2-6-20-40)70-66(72-64)60-49-27-13-9-23-43(49)36-44-24-10-14-28-50(44)60/h1-38,57-58H. The summed E-state index contributed by atoms with van der Waals surface area (Å²) in [6.07, 6.45) is 0. The molecule has 2 heterocycles. The first-order valence-electron chi connectivity index (χ1n) is 24.5. The Morgan fingerprint density at radius 1 is 0.208 bits per heavy atom. The van der Waals surface area contributed by atoms with Crippen LogP contribution in [-0.2, 0) is 0 Å². The molecule has 6 heteroatoms. The summed E-state index contributed by atoms with van der Waals surface area (Å²) in [7, 11) is 0. The molecule has 0 amide bonds. The summed E-state index contributed by atoms with van der Waals surface area (Å²) in [5, 5.41) is 9.00. The lowest BCUT2D eigenvalue weighted by Gasteiger charge is -2.42. The zero-order valence-electron chi connectivity index (χ0n) is 38.8. The van der Waals surface area contributed by atoms with Crippen molar-refractivity contribution in [3.8, 4) is 68.3 Å². The van der Waals surface area contributed by atoms with Gasteiger partial charge in [-0.15, -0.1) is 0 Å². The van der Waals surface area contributed by atoms with Gasteiger partial charge >= 0.3 is 0 Å². The van der Waals surface area contributed by atoms with Gasteiger partial charge < -0.3 is 0 Å². The van der Waals surface area contributed by atoms with Crippen molar-refractivity contribution in [2.24, 2.45) is 0 Å². The first-order chi connectivity index (χ1) is 35.7. The second-order valence-corrected chi connectivity index (χ2v) is 18.9. The van der Waals surface area contributed by atoms with Crippen molar-refractivity contribution in [2.45, 2.75) is 11.8 Å². The molecule has 3 aliphatic rings. The number of benzene rings is 11. The molecule has 2 atom stereocenters. The van der Waals surface area contributed by atoms with Crippen LogP contribution in [0.5, 0.6) is 0 Å². The fourth-order valence-electron chi connectivity index (χ4n) is 11.7. The van der Waals surface area contributed by atoms with Crippen molar-refractivity contribution in [2.75, 3.05) is 0 Å². The number of nitrogens with zero attached hydrogens (tertiary/aromatic N) is 6. The molecular formula is C66H40N6. The predicted octanol–water partition coefficient (Wildman–Crippen LogP) is 15.7. The number of hydrogen-bond acceptors (Lipinski definition) is 6. The number of aromatic nitrogens is 6. The van der Waals surface area contributed by atoms with Crippen molar-refractivity contribution in [3.05, 3.63) is 264 Å². The van der Waals surface area contributed by atoms with E-state index < -0.39 is 0 Å². The third-order valence-electron chi connectivity index (χ3n) is 14.9. The third kappa shape index (κ3) is 6.36. The highest BCUT2D eigenvalue weighted by Gasteiger charge is 2.41. The Morgan fingerprint density at radius 2 is 0.500 bits per heavy atom. The minimum atomic E-state index is -0.00189. The lowest BCUT2D eigenvalue weighted by molar-refractivity contribution is 0.754. The van der Waals surface area contributed by atoms with Gasteiger partial charge in [-0.1, -0.05) is 206 Å². The number of rotatable bonds is 6. The van der Waals surface area contributed by atoms with Gasteiger partial charge in [-0.3, -0.25) is 0 Å². The minimum Gasteiger partial charge on any atom is -0.208 e. The highest BCUT2D eigenvalue weighted by Crippen LogP contribution is 2.57. The Labute approximate surface area is 415 Å². The molecule has 0 N–H and O–H groups in total. The molecular weight excluding hydrogens is 877 g/mol. The van der Waals surface area contributed by atoms with Crippen molar-refractivity contribution in [1.29, 1.82) is 0 Å². The molecule has 2 aromatic heterocycles.